The number of carbonyl (C=O) groups is 2. The van der Waals surface area contributed by atoms with E-state index in [2.05, 4.69) is 0 Å². The van der Waals surface area contributed by atoms with Crippen molar-refractivity contribution in [3.8, 4) is 0 Å². The van der Waals surface area contributed by atoms with E-state index in [1.807, 2.05) is 0 Å². The first kappa shape index (κ1) is 16.3. The highest BCUT2D eigenvalue weighted by Crippen LogP contribution is 2.37. The summed E-state index contributed by atoms with van der Waals surface area (Å²) in [7, 11) is 0. The predicted octanol–water partition coefficient (Wildman–Crippen LogP) is 2.27. The average molecular weight is 307 g/mol. The van der Waals surface area contributed by atoms with Crippen LogP contribution in [0.5, 0.6) is 0 Å². The molecule has 0 aliphatic carbocycles. The second-order valence-corrected chi connectivity index (χ2v) is 5.00. The highest BCUT2D eigenvalue weighted by Gasteiger charge is 2.36. The van der Waals surface area contributed by atoms with Crippen LogP contribution in [0.15, 0.2) is 24.3 Å². The third-order valence-corrected chi connectivity index (χ3v) is 3.67. The number of nitrogens with zero attached hydrogens (tertiary/aromatic N) is 1. The normalized spacial score (nSPS) is 20.8. The van der Waals surface area contributed by atoms with E-state index in [4.69, 9.17) is 9.47 Å². The standard InChI is InChI=1S/C16H21NO5/c1-3-21-15(19)12-9-10-17(16(20)22-4-2)13-8-6-5-7-11(13)14(12)18/h5-8,12,14,18H,3-4,9-10H2,1-2H3. The number of aliphatic hydroxyl groups is 1. The first-order chi connectivity index (χ1) is 10.6. The molecule has 0 spiro atoms. The van der Waals surface area contributed by atoms with Crippen LogP contribution < -0.4 is 4.90 Å². The number of rotatable bonds is 3. The Morgan fingerprint density at radius 2 is 1.91 bits per heavy atom. The number of para-hydroxylation sites is 1. The van der Waals surface area contributed by atoms with Gasteiger partial charge in [0.2, 0.25) is 0 Å². The predicted molar refractivity (Wildman–Crippen MR) is 80.5 cm³/mol. The number of amides is 1. The van der Waals surface area contributed by atoms with Crippen molar-refractivity contribution in [2.24, 2.45) is 5.92 Å². The van der Waals surface area contributed by atoms with Gasteiger partial charge in [0.1, 0.15) is 0 Å². The van der Waals surface area contributed by atoms with Gasteiger partial charge >= 0.3 is 12.1 Å². The number of benzene rings is 1. The zero-order valence-corrected chi connectivity index (χ0v) is 12.8. The lowest BCUT2D eigenvalue weighted by molar-refractivity contribution is -0.152. The summed E-state index contributed by atoms with van der Waals surface area (Å²) >= 11 is 0. The maximum absolute atomic E-state index is 12.1. The van der Waals surface area contributed by atoms with Crippen molar-refractivity contribution >= 4 is 17.7 Å². The molecule has 1 N–H and O–H groups in total. The molecule has 6 heteroatoms. The molecule has 2 atom stereocenters. The van der Waals surface area contributed by atoms with E-state index in [0.717, 1.165) is 0 Å². The highest BCUT2D eigenvalue weighted by molar-refractivity contribution is 5.89. The van der Waals surface area contributed by atoms with E-state index in [9.17, 15) is 14.7 Å². The molecule has 0 saturated heterocycles. The Bertz CT molecular complexity index is 545. The maximum atomic E-state index is 12.1. The fourth-order valence-electron chi connectivity index (χ4n) is 2.63. The molecular weight excluding hydrogens is 286 g/mol. The molecular formula is C16H21NO5. The van der Waals surface area contributed by atoms with Gasteiger partial charge in [-0.15, -0.1) is 0 Å². The first-order valence-electron chi connectivity index (χ1n) is 7.48. The number of ether oxygens (including phenoxy) is 2. The molecule has 0 bridgehead atoms. The summed E-state index contributed by atoms with van der Waals surface area (Å²) in [6.07, 6.45) is -1.17. The van der Waals surface area contributed by atoms with Crippen molar-refractivity contribution in [1.82, 2.24) is 0 Å². The molecule has 1 aliphatic rings. The lowest BCUT2D eigenvalue weighted by Crippen LogP contribution is -2.33. The van der Waals surface area contributed by atoms with Crippen LogP contribution in [0.25, 0.3) is 0 Å². The average Bonchev–Trinajstić information content (AvgIpc) is 2.65. The molecule has 0 fully saturated rings. The zero-order chi connectivity index (χ0) is 16.1. The molecule has 1 aromatic rings. The Morgan fingerprint density at radius 3 is 2.59 bits per heavy atom. The molecule has 22 heavy (non-hydrogen) atoms. The Labute approximate surface area is 129 Å². The van der Waals surface area contributed by atoms with Gasteiger partial charge in [-0.1, -0.05) is 18.2 Å². The minimum absolute atomic E-state index is 0.255. The second kappa shape index (κ2) is 7.26. The summed E-state index contributed by atoms with van der Waals surface area (Å²) in [6, 6.07) is 6.99. The zero-order valence-electron chi connectivity index (χ0n) is 12.8. The van der Waals surface area contributed by atoms with Gasteiger partial charge in [0.05, 0.1) is 30.9 Å². The quantitative estimate of drug-likeness (QED) is 0.867. The van der Waals surface area contributed by atoms with Crippen molar-refractivity contribution in [2.45, 2.75) is 26.4 Å². The van der Waals surface area contributed by atoms with Crippen LogP contribution >= 0.6 is 0 Å². The molecule has 0 radical (unpaired) electrons. The van der Waals surface area contributed by atoms with Gasteiger partial charge in [-0.2, -0.15) is 0 Å². The number of anilines is 1. The van der Waals surface area contributed by atoms with Gasteiger partial charge in [0, 0.05) is 12.1 Å². The molecule has 1 heterocycles. The van der Waals surface area contributed by atoms with E-state index >= 15 is 0 Å². The lowest BCUT2D eigenvalue weighted by atomic mass is 9.93. The van der Waals surface area contributed by atoms with E-state index in [0.29, 0.717) is 17.7 Å². The highest BCUT2D eigenvalue weighted by atomic mass is 16.6. The molecule has 2 unspecified atom stereocenters. The fraction of sp³-hybridized carbons (Fsp3) is 0.500. The Morgan fingerprint density at radius 1 is 1.23 bits per heavy atom. The Kier molecular flexibility index (Phi) is 5.38. The first-order valence-corrected chi connectivity index (χ1v) is 7.48. The second-order valence-electron chi connectivity index (χ2n) is 5.00. The van der Waals surface area contributed by atoms with E-state index in [1.165, 1.54) is 4.90 Å². The molecule has 1 aliphatic heterocycles. The van der Waals surface area contributed by atoms with E-state index < -0.39 is 24.1 Å². The molecule has 1 aromatic carbocycles. The van der Waals surface area contributed by atoms with Crippen molar-refractivity contribution in [3.63, 3.8) is 0 Å². The smallest absolute Gasteiger partial charge is 0.414 e. The molecule has 2 rings (SSSR count). The summed E-state index contributed by atoms with van der Waals surface area (Å²) in [5.41, 5.74) is 1.10. The van der Waals surface area contributed by atoms with Gasteiger partial charge in [-0.3, -0.25) is 9.69 Å². The summed E-state index contributed by atoms with van der Waals surface area (Å²) in [4.78, 5) is 25.6. The lowest BCUT2D eigenvalue weighted by Gasteiger charge is -2.22. The van der Waals surface area contributed by atoms with Gasteiger partial charge in [-0.25, -0.2) is 4.79 Å². The van der Waals surface area contributed by atoms with Gasteiger partial charge in [-0.05, 0) is 26.3 Å². The third-order valence-electron chi connectivity index (χ3n) is 3.67. The largest absolute Gasteiger partial charge is 0.466 e. The van der Waals surface area contributed by atoms with Crippen LogP contribution in [0.3, 0.4) is 0 Å². The minimum atomic E-state index is -1.00. The van der Waals surface area contributed by atoms with Crippen molar-refractivity contribution in [3.05, 3.63) is 29.8 Å². The topological polar surface area (TPSA) is 76.1 Å². The molecule has 120 valence electrons. The number of esters is 1. The van der Waals surface area contributed by atoms with Crippen molar-refractivity contribution in [1.29, 1.82) is 0 Å². The van der Waals surface area contributed by atoms with Crippen molar-refractivity contribution < 1.29 is 24.2 Å². The molecule has 1 amide bonds. The SMILES string of the molecule is CCOC(=O)C1CCN(C(=O)OCC)c2ccccc2C1O. The number of aliphatic hydroxyl groups excluding tert-OH is 1. The minimum Gasteiger partial charge on any atom is -0.466 e. The molecule has 0 aromatic heterocycles. The Hall–Kier alpha value is -2.08. The molecule has 0 saturated carbocycles. The number of fused-ring (bicyclic) bond motifs is 1. The number of hydrogen-bond acceptors (Lipinski definition) is 5. The van der Waals surface area contributed by atoms with Crippen LogP contribution in [-0.2, 0) is 14.3 Å². The molecule has 6 nitrogen and oxygen atoms in total. The fourth-order valence-corrected chi connectivity index (χ4v) is 2.63. The third kappa shape index (κ3) is 3.22. The maximum Gasteiger partial charge on any atom is 0.414 e. The summed E-state index contributed by atoms with van der Waals surface area (Å²) < 4.78 is 10.1. The van der Waals surface area contributed by atoms with E-state index in [1.54, 1.807) is 38.1 Å². The van der Waals surface area contributed by atoms with E-state index in [-0.39, 0.29) is 19.8 Å². The monoisotopic (exact) mass is 307 g/mol. The number of carbonyl (C=O) groups excluding carboxylic acids is 2. The Balaban J connectivity index is 2.36. The van der Waals surface area contributed by atoms with Crippen LogP contribution in [0.4, 0.5) is 10.5 Å². The van der Waals surface area contributed by atoms with Crippen LogP contribution in [0.2, 0.25) is 0 Å². The van der Waals surface area contributed by atoms with Gasteiger partial charge in [0.25, 0.3) is 0 Å². The van der Waals surface area contributed by atoms with Crippen LogP contribution in [-0.4, -0.2) is 36.9 Å². The summed E-state index contributed by atoms with van der Waals surface area (Å²) in [6.45, 7) is 4.26. The van der Waals surface area contributed by atoms with Gasteiger partial charge in [0.15, 0.2) is 0 Å². The van der Waals surface area contributed by atoms with Crippen LogP contribution in [0.1, 0.15) is 31.9 Å². The number of hydrogen-bond donors (Lipinski definition) is 1. The summed E-state index contributed by atoms with van der Waals surface area (Å²) in [5.74, 6) is -1.14. The van der Waals surface area contributed by atoms with Crippen molar-refractivity contribution in [2.75, 3.05) is 24.7 Å². The van der Waals surface area contributed by atoms with Crippen LogP contribution in [0, 0.1) is 5.92 Å². The van der Waals surface area contributed by atoms with Gasteiger partial charge < -0.3 is 14.6 Å². The summed E-state index contributed by atoms with van der Waals surface area (Å²) in [5, 5.41) is 10.5.